The van der Waals surface area contributed by atoms with Crippen LogP contribution in [0.4, 0.5) is 4.39 Å². The number of nitrogens with one attached hydrogen (secondary N) is 1. The van der Waals surface area contributed by atoms with Gasteiger partial charge in [-0.05, 0) is 42.0 Å². The van der Waals surface area contributed by atoms with Crippen molar-refractivity contribution < 1.29 is 22.1 Å². The highest BCUT2D eigenvalue weighted by molar-refractivity contribution is 7.89. The van der Waals surface area contributed by atoms with Gasteiger partial charge in [0.2, 0.25) is 10.0 Å². The number of amides is 1. The molecule has 0 saturated heterocycles. The molecule has 7 nitrogen and oxygen atoms in total. The highest BCUT2D eigenvalue weighted by Gasteiger charge is 2.14. The number of benzene rings is 2. The molecule has 1 amide bonds. The minimum Gasteiger partial charge on any atom is -0.355 e. The zero-order valence-electron chi connectivity index (χ0n) is 13.3. The second-order valence-electron chi connectivity index (χ2n) is 5.45. The summed E-state index contributed by atoms with van der Waals surface area (Å²) in [6.07, 6.45) is 0. The number of sulfonamides is 1. The quantitative estimate of drug-likeness (QED) is 0.708. The number of nitrogens with zero attached hydrogens (tertiary/aromatic N) is 1. The highest BCUT2D eigenvalue weighted by Crippen LogP contribution is 2.20. The van der Waals surface area contributed by atoms with Crippen molar-refractivity contribution in [1.29, 1.82) is 0 Å². The summed E-state index contributed by atoms with van der Waals surface area (Å²) in [5.74, 6) is -0.495. The number of halogens is 1. The van der Waals surface area contributed by atoms with Crippen molar-refractivity contribution >= 4 is 15.9 Å². The van der Waals surface area contributed by atoms with E-state index in [9.17, 15) is 17.6 Å². The van der Waals surface area contributed by atoms with E-state index in [1.165, 1.54) is 42.5 Å². The Morgan fingerprint density at radius 3 is 2.38 bits per heavy atom. The molecule has 2 aromatic carbocycles. The van der Waals surface area contributed by atoms with Gasteiger partial charge in [-0.1, -0.05) is 17.3 Å². The average molecular weight is 375 g/mol. The van der Waals surface area contributed by atoms with Crippen molar-refractivity contribution in [2.45, 2.75) is 11.4 Å². The molecule has 3 rings (SSSR count). The lowest BCUT2D eigenvalue weighted by molar-refractivity contribution is 0.0942. The number of carbonyl (C=O) groups excluding carboxylic acids is 1. The Hall–Kier alpha value is -3.04. The molecule has 0 fully saturated rings. The van der Waals surface area contributed by atoms with Gasteiger partial charge in [-0.2, -0.15) is 0 Å². The average Bonchev–Trinajstić information content (AvgIpc) is 3.10. The monoisotopic (exact) mass is 375 g/mol. The number of nitrogens with two attached hydrogens (primary N) is 1. The molecule has 0 aliphatic rings. The molecule has 0 saturated carbocycles. The van der Waals surface area contributed by atoms with Gasteiger partial charge in [-0.3, -0.25) is 4.79 Å². The summed E-state index contributed by atoms with van der Waals surface area (Å²) >= 11 is 0. The second kappa shape index (κ2) is 7.06. The standard InChI is InChI=1S/C17H14FN3O4S/c18-13-5-3-12(4-6-13)16-9-15(21-25-16)17(22)20-10-11-1-7-14(8-2-11)26(19,23)24/h1-9H,10H2,(H,20,22)(H2,19,23,24). The zero-order valence-corrected chi connectivity index (χ0v) is 14.2. The molecule has 0 radical (unpaired) electrons. The summed E-state index contributed by atoms with van der Waals surface area (Å²) < 4.78 is 40.4. The second-order valence-corrected chi connectivity index (χ2v) is 7.02. The van der Waals surface area contributed by atoms with Crippen LogP contribution in [-0.2, 0) is 16.6 Å². The predicted molar refractivity (Wildman–Crippen MR) is 90.9 cm³/mol. The number of carbonyl (C=O) groups is 1. The van der Waals surface area contributed by atoms with Gasteiger partial charge in [0.1, 0.15) is 5.82 Å². The van der Waals surface area contributed by atoms with E-state index in [1.807, 2.05) is 0 Å². The van der Waals surface area contributed by atoms with Crippen LogP contribution in [0.2, 0.25) is 0 Å². The van der Waals surface area contributed by atoms with Crippen molar-refractivity contribution in [3.05, 3.63) is 71.7 Å². The minimum atomic E-state index is -3.75. The first-order valence-corrected chi connectivity index (χ1v) is 9.00. The van der Waals surface area contributed by atoms with Gasteiger partial charge < -0.3 is 9.84 Å². The Kier molecular flexibility index (Phi) is 4.83. The molecule has 0 atom stereocenters. The Bertz CT molecular complexity index is 1030. The van der Waals surface area contributed by atoms with Gasteiger partial charge in [0.25, 0.3) is 5.91 Å². The number of rotatable bonds is 5. The van der Waals surface area contributed by atoms with E-state index in [1.54, 1.807) is 12.1 Å². The topological polar surface area (TPSA) is 115 Å². The van der Waals surface area contributed by atoms with E-state index in [0.717, 1.165) is 0 Å². The van der Waals surface area contributed by atoms with Gasteiger partial charge in [-0.15, -0.1) is 0 Å². The molecule has 0 aliphatic carbocycles. The SMILES string of the molecule is NS(=O)(=O)c1ccc(CNC(=O)c2cc(-c3ccc(F)cc3)on2)cc1. The van der Waals surface area contributed by atoms with Gasteiger partial charge in [-0.25, -0.2) is 17.9 Å². The van der Waals surface area contributed by atoms with Crippen LogP contribution in [0.1, 0.15) is 16.1 Å². The number of hydrogen-bond donors (Lipinski definition) is 2. The lowest BCUT2D eigenvalue weighted by Crippen LogP contribution is -2.23. The molecule has 0 bridgehead atoms. The van der Waals surface area contributed by atoms with Crippen molar-refractivity contribution in [3.63, 3.8) is 0 Å². The van der Waals surface area contributed by atoms with Crippen molar-refractivity contribution in [1.82, 2.24) is 10.5 Å². The maximum Gasteiger partial charge on any atom is 0.273 e. The maximum absolute atomic E-state index is 12.9. The molecule has 0 spiro atoms. The molecular weight excluding hydrogens is 361 g/mol. The molecule has 3 aromatic rings. The first-order valence-electron chi connectivity index (χ1n) is 7.45. The van der Waals surface area contributed by atoms with E-state index in [4.69, 9.17) is 9.66 Å². The fourth-order valence-electron chi connectivity index (χ4n) is 2.20. The summed E-state index contributed by atoms with van der Waals surface area (Å²) in [7, 11) is -3.75. The fraction of sp³-hybridized carbons (Fsp3) is 0.0588. The van der Waals surface area contributed by atoms with Crippen LogP contribution in [0.3, 0.4) is 0 Å². The molecule has 134 valence electrons. The first-order chi connectivity index (χ1) is 12.3. The van der Waals surface area contributed by atoms with Gasteiger partial charge in [0.15, 0.2) is 11.5 Å². The lowest BCUT2D eigenvalue weighted by atomic mass is 10.1. The van der Waals surface area contributed by atoms with E-state index in [2.05, 4.69) is 10.5 Å². The lowest BCUT2D eigenvalue weighted by Gasteiger charge is -2.04. The van der Waals surface area contributed by atoms with E-state index < -0.39 is 15.9 Å². The van der Waals surface area contributed by atoms with Crippen LogP contribution in [0, 0.1) is 5.82 Å². The third-order valence-corrected chi connectivity index (χ3v) is 4.51. The molecule has 1 aromatic heterocycles. The summed E-state index contributed by atoms with van der Waals surface area (Å²) in [6, 6.07) is 12.9. The van der Waals surface area contributed by atoms with E-state index >= 15 is 0 Å². The van der Waals surface area contributed by atoms with Crippen LogP contribution in [-0.4, -0.2) is 19.5 Å². The summed E-state index contributed by atoms with van der Waals surface area (Å²) in [5, 5.41) is 11.4. The minimum absolute atomic E-state index is 0.00647. The van der Waals surface area contributed by atoms with Gasteiger partial charge >= 0.3 is 0 Å². The predicted octanol–water partition coefficient (Wildman–Crippen LogP) is 2.06. The first kappa shape index (κ1) is 17.8. The van der Waals surface area contributed by atoms with Crippen LogP contribution < -0.4 is 10.5 Å². The summed E-state index contributed by atoms with van der Waals surface area (Å²) in [4.78, 5) is 12.1. The number of aromatic nitrogens is 1. The van der Waals surface area contributed by atoms with Crippen molar-refractivity contribution in [3.8, 4) is 11.3 Å². The van der Waals surface area contributed by atoms with Crippen LogP contribution in [0.15, 0.2) is 64.0 Å². The normalized spacial score (nSPS) is 11.3. The molecule has 3 N–H and O–H groups in total. The summed E-state index contributed by atoms with van der Waals surface area (Å²) in [6.45, 7) is 0.169. The Morgan fingerprint density at radius 1 is 1.12 bits per heavy atom. The molecule has 9 heteroatoms. The van der Waals surface area contributed by atoms with Crippen LogP contribution in [0.5, 0.6) is 0 Å². The zero-order chi connectivity index (χ0) is 18.7. The number of hydrogen-bond acceptors (Lipinski definition) is 5. The van der Waals surface area contributed by atoms with Crippen LogP contribution in [0.25, 0.3) is 11.3 Å². The highest BCUT2D eigenvalue weighted by atomic mass is 32.2. The van der Waals surface area contributed by atoms with Gasteiger partial charge in [0, 0.05) is 18.2 Å². The van der Waals surface area contributed by atoms with E-state index in [0.29, 0.717) is 16.9 Å². The third kappa shape index (κ3) is 4.13. The molecule has 26 heavy (non-hydrogen) atoms. The summed E-state index contributed by atoms with van der Waals surface area (Å²) in [5.41, 5.74) is 1.36. The molecular formula is C17H14FN3O4S. The van der Waals surface area contributed by atoms with E-state index in [-0.39, 0.29) is 23.0 Å². The largest absolute Gasteiger partial charge is 0.355 e. The fourth-order valence-corrected chi connectivity index (χ4v) is 2.72. The third-order valence-electron chi connectivity index (χ3n) is 3.58. The number of primary sulfonamides is 1. The molecule has 0 aliphatic heterocycles. The van der Waals surface area contributed by atoms with Gasteiger partial charge in [0.05, 0.1) is 4.90 Å². The molecule has 1 heterocycles. The Morgan fingerprint density at radius 2 is 1.77 bits per heavy atom. The smallest absolute Gasteiger partial charge is 0.273 e. The Labute approximate surface area is 148 Å². The van der Waals surface area contributed by atoms with Crippen LogP contribution >= 0.6 is 0 Å². The Balaban J connectivity index is 1.64. The van der Waals surface area contributed by atoms with Crippen molar-refractivity contribution in [2.75, 3.05) is 0 Å². The molecule has 0 unspecified atom stereocenters. The maximum atomic E-state index is 12.9. The van der Waals surface area contributed by atoms with Crippen molar-refractivity contribution in [2.24, 2.45) is 5.14 Å².